The van der Waals surface area contributed by atoms with Gasteiger partial charge >= 0.3 is 0 Å². The summed E-state index contributed by atoms with van der Waals surface area (Å²) < 4.78 is 1.93. The lowest BCUT2D eigenvalue weighted by atomic mass is 9.96. The fourth-order valence-corrected chi connectivity index (χ4v) is 4.85. The summed E-state index contributed by atoms with van der Waals surface area (Å²) in [7, 11) is 0. The Hall–Kier alpha value is -3.80. The minimum atomic E-state index is 0.439. The molecule has 4 N–H and O–H groups in total. The lowest BCUT2D eigenvalue weighted by Gasteiger charge is -2.17. The maximum atomic E-state index is 6.30. The third-order valence-electron chi connectivity index (χ3n) is 6.67. The summed E-state index contributed by atoms with van der Waals surface area (Å²) in [6.07, 6.45) is 4.79. The SMILES string of the molecule is C=C(NCc1ccc(-n2nc(C3CCCC3)c3c2C(N)=NNC3=C)cc1)c1ccccc1C. The Bertz CT molecular complexity index is 1240. The van der Waals surface area contributed by atoms with E-state index in [1.54, 1.807) is 0 Å². The summed E-state index contributed by atoms with van der Waals surface area (Å²) in [5.41, 5.74) is 18.4. The first-order chi connectivity index (χ1) is 16.0. The highest BCUT2D eigenvalue weighted by molar-refractivity contribution is 6.03. The van der Waals surface area contributed by atoms with Crippen LogP contribution in [0.4, 0.5) is 0 Å². The highest BCUT2D eigenvalue weighted by atomic mass is 15.4. The molecule has 0 saturated heterocycles. The molecule has 168 valence electrons. The first kappa shape index (κ1) is 21.1. The number of hydrogen-bond donors (Lipinski definition) is 3. The van der Waals surface area contributed by atoms with Gasteiger partial charge in [0.25, 0.3) is 0 Å². The van der Waals surface area contributed by atoms with Crippen molar-refractivity contribution < 1.29 is 0 Å². The van der Waals surface area contributed by atoms with E-state index in [-0.39, 0.29) is 0 Å². The zero-order valence-corrected chi connectivity index (χ0v) is 19.1. The number of nitrogens with zero attached hydrogens (tertiary/aromatic N) is 3. The summed E-state index contributed by atoms with van der Waals surface area (Å²) in [6, 6.07) is 16.6. The second kappa shape index (κ2) is 8.62. The van der Waals surface area contributed by atoms with Crippen molar-refractivity contribution in [3.05, 3.63) is 95.3 Å². The third-order valence-corrected chi connectivity index (χ3v) is 6.67. The van der Waals surface area contributed by atoms with Gasteiger partial charge in [-0.05, 0) is 48.6 Å². The lowest BCUT2D eigenvalue weighted by molar-refractivity contribution is 0.676. The van der Waals surface area contributed by atoms with Crippen molar-refractivity contribution in [1.29, 1.82) is 0 Å². The van der Waals surface area contributed by atoms with Crippen LogP contribution in [0, 0.1) is 6.92 Å². The quantitative estimate of drug-likeness (QED) is 0.517. The molecule has 0 atom stereocenters. The zero-order chi connectivity index (χ0) is 22.9. The van der Waals surface area contributed by atoms with Crippen molar-refractivity contribution in [3.8, 4) is 5.69 Å². The maximum Gasteiger partial charge on any atom is 0.170 e. The van der Waals surface area contributed by atoms with E-state index in [1.807, 2.05) is 16.8 Å². The molecule has 3 aromatic rings. The van der Waals surface area contributed by atoms with Crippen LogP contribution in [0.25, 0.3) is 17.1 Å². The highest BCUT2D eigenvalue weighted by Crippen LogP contribution is 2.39. The van der Waals surface area contributed by atoms with E-state index in [0.29, 0.717) is 18.3 Å². The van der Waals surface area contributed by atoms with Crippen molar-refractivity contribution >= 4 is 17.2 Å². The smallest absolute Gasteiger partial charge is 0.170 e. The predicted molar refractivity (Wildman–Crippen MR) is 135 cm³/mol. The number of benzene rings is 2. The molecule has 6 nitrogen and oxygen atoms in total. The number of fused-ring (bicyclic) bond motifs is 1. The van der Waals surface area contributed by atoms with Gasteiger partial charge in [-0.15, -0.1) is 0 Å². The lowest BCUT2D eigenvalue weighted by Crippen LogP contribution is -2.27. The van der Waals surface area contributed by atoms with Crippen LogP contribution in [0.15, 0.2) is 66.8 Å². The van der Waals surface area contributed by atoms with Crippen LogP contribution in [-0.2, 0) is 6.54 Å². The van der Waals surface area contributed by atoms with Gasteiger partial charge < -0.3 is 11.1 Å². The minimum Gasteiger partial charge on any atom is -0.381 e. The monoisotopic (exact) mass is 438 g/mol. The Morgan fingerprint density at radius 2 is 1.88 bits per heavy atom. The number of amidine groups is 1. The van der Waals surface area contributed by atoms with E-state index in [4.69, 9.17) is 10.8 Å². The molecule has 0 unspecified atom stereocenters. The molecule has 1 aliphatic carbocycles. The summed E-state index contributed by atoms with van der Waals surface area (Å²) in [5, 5.41) is 12.7. The zero-order valence-electron chi connectivity index (χ0n) is 19.1. The first-order valence-corrected chi connectivity index (χ1v) is 11.5. The van der Waals surface area contributed by atoms with E-state index in [9.17, 15) is 0 Å². The molecule has 2 aromatic carbocycles. The van der Waals surface area contributed by atoms with Crippen LogP contribution < -0.4 is 16.5 Å². The molecule has 0 amide bonds. The molecular weight excluding hydrogens is 408 g/mol. The van der Waals surface area contributed by atoms with E-state index < -0.39 is 0 Å². The fourth-order valence-electron chi connectivity index (χ4n) is 4.85. The van der Waals surface area contributed by atoms with Gasteiger partial charge in [-0.2, -0.15) is 10.2 Å². The largest absolute Gasteiger partial charge is 0.381 e. The van der Waals surface area contributed by atoms with Gasteiger partial charge in [0.2, 0.25) is 0 Å². The van der Waals surface area contributed by atoms with Crippen LogP contribution in [0.3, 0.4) is 0 Å². The molecule has 1 aliphatic heterocycles. The third kappa shape index (κ3) is 3.93. The number of hydrazone groups is 1. The van der Waals surface area contributed by atoms with Gasteiger partial charge in [-0.1, -0.05) is 62.4 Å². The number of hydrogen-bond acceptors (Lipinski definition) is 5. The number of aryl methyl sites for hydroxylation is 1. The molecule has 0 spiro atoms. The Labute approximate surface area is 194 Å². The average Bonchev–Trinajstić information content (AvgIpc) is 3.49. The van der Waals surface area contributed by atoms with E-state index in [2.05, 4.69) is 72.3 Å². The molecule has 2 heterocycles. The van der Waals surface area contributed by atoms with Crippen molar-refractivity contribution in [2.45, 2.75) is 45.1 Å². The Morgan fingerprint density at radius 1 is 1.15 bits per heavy atom. The molecule has 0 bridgehead atoms. The predicted octanol–water partition coefficient (Wildman–Crippen LogP) is 4.79. The van der Waals surface area contributed by atoms with Crippen LogP contribution >= 0.6 is 0 Å². The van der Waals surface area contributed by atoms with Gasteiger partial charge in [0.15, 0.2) is 5.84 Å². The van der Waals surface area contributed by atoms with Gasteiger partial charge in [0.05, 0.1) is 22.6 Å². The molecule has 1 saturated carbocycles. The minimum absolute atomic E-state index is 0.439. The average molecular weight is 439 g/mol. The van der Waals surface area contributed by atoms with Crippen LogP contribution in [0.1, 0.15) is 65.2 Å². The molecule has 2 aliphatic rings. The summed E-state index contributed by atoms with van der Waals surface area (Å²) in [6.45, 7) is 11.2. The molecule has 0 radical (unpaired) electrons. The van der Waals surface area contributed by atoms with Crippen LogP contribution in [0.2, 0.25) is 0 Å². The topological polar surface area (TPSA) is 80.3 Å². The molecule has 33 heavy (non-hydrogen) atoms. The van der Waals surface area contributed by atoms with Gasteiger partial charge in [0.1, 0.15) is 5.69 Å². The normalized spacial score (nSPS) is 15.7. The van der Waals surface area contributed by atoms with E-state index in [1.165, 1.54) is 24.0 Å². The number of nitrogens with two attached hydrogens (primary N) is 1. The molecule has 1 aromatic heterocycles. The second-order valence-electron chi connectivity index (χ2n) is 8.90. The van der Waals surface area contributed by atoms with Gasteiger partial charge in [-0.3, -0.25) is 5.43 Å². The van der Waals surface area contributed by atoms with Crippen LogP contribution in [0.5, 0.6) is 0 Å². The van der Waals surface area contributed by atoms with Gasteiger partial charge in [0, 0.05) is 18.2 Å². The Morgan fingerprint density at radius 3 is 2.61 bits per heavy atom. The first-order valence-electron chi connectivity index (χ1n) is 11.5. The molecule has 1 fully saturated rings. The van der Waals surface area contributed by atoms with Crippen molar-refractivity contribution in [2.75, 3.05) is 0 Å². The van der Waals surface area contributed by atoms with Gasteiger partial charge in [-0.25, -0.2) is 4.68 Å². The number of nitrogens with one attached hydrogen (secondary N) is 2. The number of rotatable bonds is 6. The summed E-state index contributed by atoms with van der Waals surface area (Å²) in [4.78, 5) is 0. The van der Waals surface area contributed by atoms with Crippen molar-refractivity contribution in [3.63, 3.8) is 0 Å². The molecule has 6 heteroatoms. The summed E-state index contributed by atoms with van der Waals surface area (Å²) >= 11 is 0. The molecular formula is C27H30N6. The molecule has 5 rings (SSSR count). The second-order valence-corrected chi connectivity index (χ2v) is 8.90. The van der Waals surface area contributed by atoms with E-state index in [0.717, 1.165) is 52.4 Å². The van der Waals surface area contributed by atoms with Crippen molar-refractivity contribution in [1.82, 2.24) is 20.5 Å². The summed E-state index contributed by atoms with van der Waals surface area (Å²) in [5.74, 6) is 0.884. The fraction of sp³-hybridized carbons (Fsp3) is 0.259. The Balaban J connectivity index is 1.40. The number of aromatic nitrogens is 2. The van der Waals surface area contributed by atoms with Crippen LogP contribution in [-0.4, -0.2) is 15.6 Å². The standard InChI is InChI=1S/C27H30N6/c1-17-8-4-7-11-23(17)18(2)29-16-20-12-14-22(15-13-20)33-26-24(19(3)30-31-27(26)28)25(32-33)21-9-5-6-10-21/h4,7-8,11-15,21,29-30H,2-3,5-6,9-10,16H2,1H3,(H2,28,31). The highest BCUT2D eigenvalue weighted by Gasteiger charge is 2.31. The maximum absolute atomic E-state index is 6.30. The van der Waals surface area contributed by atoms with E-state index >= 15 is 0 Å². The van der Waals surface area contributed by atoms with Crippen molar-refractivity contribution in [2.24, 2.45) is 10.8 Å². The Kier molecular flexibility index (Phi) is 5.50.